The first-order chi connectivity index (χ1) is 70.7. The molecule has 0 bridgehead atoms. The van der Waals surface area contributed by atoms with E-state index in [4.69, 9.17) is 8.83 Å². The Hall–Kier alpha value is -15.2. The fourth-order valence-electron chi connectivity index (χ4n) is 29.6. The highest BCUT2D eigenvalue weighted by molar-refractivity contribution is 6.24. The third-order valence-corrected chi connectivity index (χ3v) is 37.2. The van der Waals surface area contributed by atoms with Crippen LogP contribution in [0.2, 0.25) is 0 Å². The quantitative estimate of drug-likeness (QED) is 0.166. The van der Waals surface area contributed by atoms with Gasteiger partial charge < -0.3 is 8.83 Å². The Morgan fingerprint density at radius 2 is 0.453 bits per heavy atom. The van der Waals surface area contributed by atoms with Crippen molar-refractivity contribution in [3.8, 4) is 156 Å². The normalized spacial score (nSPS) is 15.8. The van der Waals surface area contributed by atoms with Crippen LogP contribution in [0.15, 0.2) is 349 Å². The summed E-state index contributed by atoms with van der Waals surface area (Å²) in [5.74, 6) is 0. The Morgan fingerprint density at radius 3 is 0.791 bits per heavy atom. The van der Waals surface area contributed by atoms with Crippen LogP contribution in [-0.4, -0.2) is 0 Å². The fraction of sp³-hybridized carbons (Fsp3) is 0.219. The van der Waals surface area contributed by atoms with Crippen LogP contribution in [0.4, 0.5) is 0 Å². The summed E-state index contributed by atoms with van der Waals surface area (Å²) >= 11 is 0. The zero-order chi connectivity index (χ0) is 101. The molecule has 2 spiro atoms. The summed E-state index contributed by atoms with van der Waals surface area (Å²) in [4.78, 5) is 0. The first-order valence-electron chi connectivity index (χ1n) is 53.8. The average molecular weight is 1910 g/mol. The molecule has 8 aliphatic carbocycles. The van der Waals surface area contributed by atoms with E-state index in [1.54, 1.807) is 0 Å². The van der Waals surface area contributed by atoms with E-state index < -0.39 is 10.8 Å². The second kappa shape index (κ2) is 29.4. The number of hydrogen-bond acceptors (Lipinski definition) is 2. The zero-order valence-electron chi connectivity index (χ0n) is 89.1. The standard InChI is InChI=1S/C146H122O2/c1-79-63-81(83-49-57-95-97-59-51-85(67-121(97)143(19,20)119(95)65-83)101-71-123-105(73-117(101)139(9,10)11)103-69-87(137(3,4)5)53-61-111(103)141(123,15)16)47-55-89(79)107-75-127-131(133-99-39-27-33-45-129(99)147-135(107)133)109-77-126-110(78-125(109)145(127)113-41-29-23-35-91(113)92-36-24-30-42-114(92)145)132-128(146(126)115-43-31-25-37-93(115)94-38-26-32-44-116(94)146)76-108(136-134(132)100-40-28-34-46-130(100)148-136)90-56-48-82(64-80(90)2)84-50-58-96-98-60-52-86(68-122(98)144(21,22)120(96)66-84)102-72-124-106(74-118(102)140(12,13)14)104-70-88(138(6,7)8)54-62-112(104)142(124,17)18/h23-78H,1-22H3. The molecule has 0 radical (unpaired) electrons. The van der Waals surface area contributed by atoms with Crippen molar-refractivity contribution in [3.63, 3.8) is 0 Å². The van der Waals surface area contributed by atoms with E-state index in [-0.39, 0.29) is 43.3 Å². The van der Waals surface area contributed by atoms with E-state index >= 15 is 0 Å². The van der Waals surface area contributed by atoms with E-state index in [1.807, 2.05) is 0 Å². The van der Waals surface area contributed by atoms with Crippen LogP contribution in [0.3, 0.4) is 0 Å². The second-order valence-corrected chi connectivity index (χ2v) is 50.9. The SMILES string of the molecule is Cc1cc(-c2ccc3c(c2)C(C)(C)c2cc(-c4cc5c(cc4C(C)(C)C)-c4cc(C(C)(C)C)ccc4C5(C)C)ccc2-3)ccc1-c1cc2c(c3c1oc1ccccc13)-c1cc3c(cc1C21c2ccccc2-c2ccccc21)-c1c(cc(-c2ccc(-c4ccc5c(c4)C(C)(C)c4cc(-c6cc7c(cc6C(C)(C)C)-c6cc(C(C)(C)C)ccc6C7(C)C)ccc4-5)cc2C)c2oc4ccccc4c12)C31c2ccccc2-c2ccccc21. The first-order valence-corrected chi connectivity index (χ1v) is 53.8. The van der Waals surface area contributed by atoms with Gasteiger partial charge in [0.1, 0.15) is 22.3 Å². The van der Waals surface area contributed by atoms with Crippen LogP contribution in [0.1, 0.15) is 261 Å². The van der Waals surface area contributed by atoms with Crippen molar-refractivity contribution in [3.05, 3.63) is 462 Å². The minimum atomic E-state index is -0.795. The van der Waals surface area contributed by atoms with Gasteiger partial charge in [-0.1, -0.05) is 393 Å². The van der Waals surface area contributed by atoms with Gasteiger partial charge in [-0.25, -0.2) is 0 Å². The van der Waals surface area contributed by atoms with E-state index in [0.717, 1.165) is 66.1 Å². The van der Waals surface area contributed by atoms with Gasteiger partial charge in [0, 0.05) is 54.3 Å². The van der Waals surface area contributed by atoms with Crippen molar-refractivity contribution < 1.29 is 8.83 Å². The number of fused-ring (bicyclic) bond motifs is 40. The maximum Gasteiger partial charge on any atom is 0.143 e. The van der Waals surface area contributed by atoms with Crippen molar-refractivity contribution in [2.75, 3.05) is 0 Å². The molecule has 8 aliphatic rings. The van der Waals surface area contributed by atoms with Crippen molar-refractivity contribution in [2.45, 2.75) is 206 Å². The molecule has 0 fully saturated rings. The van der Waals surface area contributed by atoms with Gasteiger partial charge in [0.15, 0.2) is 0 Å². The summed E-state index contributed by atoms with van der Waals surface area (Å²) in [6, 6.07) is 134. The number of para-hydroxylation sites is 2. The average Bonchev–Trinajstić information content (AvgIpc) is 1.47. The van der Waals surface area contributed by atoms with Crippen molar-refractivity contribution in [2.24, 2.45) is 0 Å². The third-order valence-electron chi connectivity index (χ3n) is 37.2. The Balaban J connectivity index is 0.569. The van der Waals surface area contributed by atoms with Gasteiger partial charge in [0.2, 0.25) is 0 Å². The van der Waals surface area contributed by atoms with E-state index in [0.29, 0.717) is 0 Å². The van der Waals surface area contributed by atoms with Gasteiger partial charge in [-0.15, -0.1) is 0 Å². The van der Waals surface area contributed by atoms with Crippen LogP contribution >= 0.6 is 0 Å². The lowest BCUT2D eigenvalue weighted by atomic mass is 9.68. The van der Waals surface area contributed by atoms with E-state index in [1.165, 1.54) is 256 Å². The molecule has 21 aromatic rings. The van der Waals surface area contributed by atoms with E-state index in [9.17, 15) is 0 Å². The molecule has 148 heavy (non-hydrogen) atoms. The molecule has 0 unspecified atom stereocenters. The molecule has 0 atom stereocenters. The van der Waals surface area contributed by atoms with Crippen LogP contribution in [0, 0.1) is 13.8 Å². The first kappa shape index (κ1) is 89.2. The molecule has 0 saturated heterocycles. The summed E-state index contributed by atoms with van der Waals surface area (Å²) in [6.07, 6.45) is 0. The molecule has 0 amide bonds. The largest absolute Gasteiger partial charge is 0.455 e. The third kappa shape index (κ3) is 11.7. The van der Waals surface area contributed by atoms with Gasteiger partial charge in [-0.2, -0.15) is 0 Å². The summed E-state index contributed by atoms with van der Waals surface area (Å²) in [6.45, 7) is 52.5. The van der Waals surface area contributed by atoms with E-state index in [2.05, 4.69) is 492 Å². The molecule has 0 N–H and O–H groups in total. The molecular weight excluding hydrogens is 1790 g/mol. The Labute approximate surface area is 870 Å². The Morgan fingerprint density at radius 1 is 0.182 bits per heavy atom. The predicted molar refractivity (Wildman–Crippen MR) is 621 cm³/mol. The smallest absolute Gasteiger partial charge is 0.143 e. The van der Waals surface area contributed by atoms with Crippen LogP contribution in [0.5, 0.6) is 0 Å². The summed E-state index contributed by atoms with van der Waals surface area (Å²) in [5.41, 5.74) is 65.5. The topological polar surface area (TPSA) is 26.3 Å². The summed E-state index contributed by atoms with van der Waals surface area (Å²) in [7, 11) is 0. The van der Waals surface area contributed by atoms with Gasteiger partial charge in [0.25, 0.3) is 0 Å². The van der Waals surface area contributed by atoms with Crippen LogP contribution < -0.4 is 0 Å². The summed E-state index contributed by atoms with van der Waals surface area (Å²) < 4.78 is 15.3. The minimum absolute atomic E-state index is 0.0476. The fourth-order valence-corrected chi connectivity index (χ4v) is 29.6. The number of aryl methyl sites for hydroxylation is 2. The van der Waals surface area contributed by atoms with Gasteiger partial charge in [-0.3, -0.25) is 0 Å². The Kier molecular flexibility index (Phi) is 17.7. The summed E-state index contributed by atoms with van der Waals surface area (Å²) in [5, 5.41) is 4.49. The van der Waals surface area contributed by atoms with Crippen molar-refractivity contribution in [1.82, 2.24) is 0 Å². The minimum Gasteiger partial charge on any atom is -0.455 e. The van der Waals surface area contributed by atoms with Crippen molar-refractivity contribution >= 4 is 43.9 Å². The molecule has 19 aromatic carbocycles. The molecule has 718 valence electrons. The highest BCUT2D eigenvalue weighted by Crippen LogP contribution is 2.72. The van der Waals surface area contributed by atoms with Crippen LogP contribution in [-0.2, 0) is 54.1 Å². The van der Waals surface area contributed by atoms with Gasteiger partial charge in [0.05, 0.1) is 10.8 Å². The van der Waals surface area contributed by atoms with Crippen molar-refractivity contribution in [1.29, 1.82) is 0 Å². The molecule has 0 aliphatic heterocycles. The van der Waals surface area contributed by atoms with Gasteiger partial charge in [-0.05, 0) is 387 Å². The lowest BCUT2D eigenvalue weighted by Gasteiger charge is -2.32. The lowest BCUT2D eigenvalue weighted by molar-refractivity contribution is 0.588. The monoisotopic (exact) mass is 1910 g/mol. The maximum atomic E-state index is 7.65. The lowest BCUT2D eigenvalue weighted by Crippen LogP contribution is -2.27. The van der Waals surface area contributed by atoms with Gasteiger partial charge >= 0.3 is 0 Å². The number of hydrogen-bond donors (Lipinski definition) is 0. The molecule has 0 saturated carbocycles. The Bertz CT molecular complexity index is 9000. The number of rotatable bonds is 6. The zero-order valence-corrected chi connectivity index (χ0v) is 89.1. The van der Waals surface area contributed by atoms with Crippen LogP contribution in [0.25, 0.3) is 200 Å². The highest BCUT2D eigenvalue weighted by atomic mass is 16.3. The molecule has 2 heteroatoms. The molecule has 29 rings (SSSR count). The molecule has 2 nitrogen and oxygen atoms in total. The number of furan rings is 2. The molecule has 2 aromatic heterocycles. The molecule has 2 heterocycles. The molecular formula is C146H122O2. The predicted octanol–water partition coefficient (Wildman–Crippen LogP) is 39.2. The highest BCUT2D eigenvalue weighted by Gasteiger charge is 2.59. The number of benzene rings is 19. The second-order valence-electron chi connectivity index (χ2n) is 50.9. The maximum absolute atomic E-state index is 7.65.